The highest BCUT2D eigenvalue weighted by Crippen LogP contribution is 2.22. The minimum atomic E-state index is -0.628. The van der Waals surface area contributed by atoms with E-state index in [1.807, 2.05) is 13.0 Å². The Hall–Kier alpha value is -1.53. The normalized spacial score (nSPS) is 9.35. The highest BCUT2D eigenvalue weighted by molar-refractivity contribution is 7.80. The number of nitrogens with one attached hydrogen (secondary N) is 3. The van der Waals surface area contributed by atoms with Gasteiger partial charge in [0.2, 0.25) is 0 Å². The molecule has 0 heterocycles. The lowest BCUT2D eigenvalue weighted by Crippen LogP contribution is -2.43. The number of amides is 1. The summed E-state index contributed by atoms with van der Waals surface area (Å²) in [4.78, 5) is 10.8. The molecule has 0 aliphatic rings. The van der Waals surface area contributed by atoms with Gasteiger partial charge in [0.25, 0.3) is 0 Å². The van der Waals surface area contributed by atoms with E-state index in [0.29, 0.717) is 5.02 Å². The number of anilines is 1. The smallest absolute Gasteiger partial charge is 0.425 e. The van der Waals surface area contributed by atoms with Crippen molar-refractivity contribution in [2.45, 2.75) is 6.92 Å². The molecule has 0 fully saturated rings. The number of thiocarbonyl (C=S) groups is 1. The van der Waals surface area contributed by atoms with E-state index in [0.717, 1.165) is 11.3 Å². The van der Waals surface area contributed by atoms with Crippen molar-refractivity contribution < 1.29 is 9.53 Å². The standard InChI is InChI=1S/C10H12ClN3O2S/c1-6-7(11)4-3-5-8(6)12-9(17)13-14-10(15)16-2/h3-5H,1-2H3,(H,14,15)(H2,12,13,17). The average Bonchev–Trinajstić information content (AvgIpc) is 2.32. The molecule has 1 aromatic rings. The lowest BCUT2D eigenvalue weighted by molar-refractivity contribution is 0.169. The van der Waals surface area contributed by atoms with Gasteiger partial charge < -0.3 is 10.1 Å². The second kappa shape index (κ2) is 6.27. The largest absolute Gasteiger partial charge is 0.452 e. The number of rotatable bonds is 1. The van der Waals surface area contributed by atoms with Gasteiger partial charge in [0, 0.05) is 10.7 Å². The molecular weight excluding hydrogens is 262 g/mol. The summed E-state index contributed by atoms with van der Waals surface area (Å²) in [6.07, 6.45) is -0.628. The Labute approximate surface area is 109 Å². The summed E-state index contributed by atoms with van der Waals surface area (Å²) in [5, 5.41) is 3.77. The Morgan fingerprint density at radius 2 is 2.12 bits per heavy atom. The Kier molecular flexibility index (Phi) is 4.99. The lowest BCUT2D eigenvalue weighted by Gasteiger charge is -2.13. The number of carbonyl (C=O) groups excluding carboxylic acids is 1. The molecule has 0 atom stereocenters. The van der Waals surface area contributed by atoms with E-state index in [1.54, 1.807) is 12.1 Å². The Bertz CT molecular complexity index is 440. The zero-order valence-corrected chi connectivity index (χ0v) is 10.9. The number of carbonyl (C=O) groups is 1. The van der Waals surface area contributed by atoms with E-state index < -0.39 is 6.09 Å². The zero-order valence-electron chi connectivity index (χ0n) is 9.33. The van der Waals surface area contributed by atoms with Crippen molar-refractivity contribution in [2.75, 3.05) is 12.4 Å². The van der Waals surface area contributed by atoms with Crippen LogP contribution >= 0.6 is 23.8 Å². The number of ether oxygens (including phenoxy) is 1. The van der Waals surface area contributed by atoms with Crippen LogP contribution < -0.4 is 16.2 Å². The molecular formula is C10H12ClN3O2S. The molecule has 92 valence electrons. The monoisotopic (exact) mass is 273 g/mol. The van der Waals surface area contributed by atoms with Gasteiger partial charge in [-0.1, -0.05) is 17.7 Å². The van der Waals surface area contributed by atoms with Gasteiger partial charge in [-0.2, -0.15) is 0 Å². The molecule has 7 heteroatoms. The van der Waals surface area contributed by atoms with Crippen molar-refractivity contribution in [1.29, 1.82) is 0 Å². The minimum absolute atomic E-state index is 0.237. The van der Waals surface area contributed by atoms with Gasteiger partial charge in [-0.3, -0.25) is 5.43 Å². The highest BCUT2D eigenvalue weighted by Gasteiger charge is 2.04. The quantitative estimate of drug-likeness (QED) is 0.541. The number of hydrogen-bond acceptors (Lipinski definition) is 3. The summed E-state index contributed by atoms with van der Waals surface area (Å²) in [6, 6.07) is 5.41. The van der Waals surface area contributed by atoms with Gasteiger partial charge in [-0.05, 0) is 36.8 Å². The molecule has 0 unspecified atom stereocenters. The first-order chi connectivity index (χ1) is 8.04. The van der Waals surface area contributed by atoms with Crippen LogP contribution in [0.2, 0.25) is 5.02 Å². The van der Waals surface area contributed by atoms with Gasteiger partial charge in [0.05, 0.1) is 7.11 Å². The summed E-state index contributed by atoms with van der Waals surface area (Å²) in [6.45, 7) is 1.86. The van der Waals surface area contributed by atoms with Gasteiger partial charge >= 0.3 is 6.09 Å². The number of hydrogen-bond donors (Lipinski definition) is 3. The molecule has 0 bridgehead atoms. The van der Waals surface area contributed by atoms with E-state index in [4.69, 9.17) is 23.8 Å². The van der Waals surface area contributed by atoms with Gasteiger partial charge in [-0.15, -0.1) is 0 Å². The van der Waals surface area contributed by atoms with Crippen LogP contribution in [-0.2, 0) is 4.74 Å². The van der Waals surface area contributed by atoms with E-state index in [1.165, 1.54) is 7.11 Å². The van der Waals surface area contributed by atoms with Gasteiger partial charge in [0.15, 0.2) is 5.11 Å². The fourth-order valence-electron chi connectivity index (χ4n) is 1.06. The SMILES string of the molecule is COC(=O)NNC(=S)Nc1cccc(Cl)c1C. The Balaban J connectivity index is 2.56. The van der Waals surface area contributed by atoms with Crippen LogP contribution in [0, 0.1) is 6.92 Å². The summed E-state index contributed by atoms with van der Waals surface area (Å²) in [7, 11) is 1.26. The molecule has 17 heavy (non-hydrogen) atoms. The maximum absolute atomic E-state index is 10.8. The highest BCUT2D eigenvalue weighted by atomic mass is 35.5. The molecule has 3 N–H and O–H groups in total. The average molecular weight is 274 g/mol. The van der Waals surface area contributed by atoms with E-state index in [2.05, 4.69) is 20.9 Å². The zero-order chi connectivity index (χ0) is 12.8. The first kappa shape index (κ1) is 13.5. The third-order valence-corrected chi connectivity index (χ3v) is 2.59. The van der Waals surface area contributed by atoms with Crippen molar-refractivity contribution in [3.8, 4) is 0 Å². The summed E-state index contributed by atoms with van der Waals surface area (Å²) < 4.78 is 4.37. The second-order valence-corrected chi connectivity index (χ2v) is 3.92. The summed E-state index contributed by atoms with van der Waals surface area (Å²) in [5.74, 6) is 0. The Morgan fingerprint density at radius 3 is 2.76 bits per heavy atom. The molecule has 0 saturated carbocycles. The molecule has 0 aromatic heterocycles. The van der Waals surface area contributed by atoms with Crippen molar-refractivity contribution in [1.82, 2.24) is 10.9 Å². The molecule has 0 spiro atoms. The summed E-state index contributed by atoms with van der Waals surface area (Å²) in [5.41, 5.74) is 6.36. The fourth-order valence-corrected chi connectivity index (χ4v) is 1.39. The number of benzene rings is 1. The predicted octanol–water partition coefficient (Wildman–Crippen LogP) is 2.21. The molecule has 5 nitrogen and oxygen atoms in total. The van der Waals surface area contributed by atoms with Crippen molar-refractivity contribution in [2.24, 2.45) is 0 Å². The van der Waals surface area contributed by atoms with Crippen LogP contribution in [0.15, 0.2) is 18.2 Å². The molecule has 0 aliphatic carbocycles. The Morgan fingerprint density at radius 1 is 1.41 bits per heavy atom. The minimum Gasteiger partial charge on any atom is -0.452 e. The first-order valence-electron chi connectivity index (χ1n) is 4.70. The number of halogens is 1. The van der Waals surface area contributed by atoms with Crippen LogP contribution in [-0.4, -0.2) is 18.3 Å². The molecule has 1 aromatic carbocycles. The van der Waals surface area contributed by atoms with Crippen molar-refractivity contribution in [3.05, 3.63) is 28.8 Å². The molecule has 1 amide bonds. The van der Waals surface area contributed by atoms with Crippen molar-refractivity contribution >= 4 is 40.7 Å². The number of methoxy groups -OCH3 is 1. The van der Waals surface area contributed by atoms with E-state index in [9.17, 15) is 4.79 Å². The third-order valence-electron chi connectivity index (χ3n) is 1.98. The van der Waals surface area contributed by atoms with Crippen LogP contribution in [0.1, 0.15) is 5.56 Å². The van der Waals surface area contributed by atoms with Crippen LogP contribution in [0.25, 0.3) is 0 Å². The molecule has 1 rings (SSSR count). The molecule has 0 aliphatic heterocycles. The van der Waals surface area contributed by atoms with Gasteiger partial charge in [0.1, 0.15) is 0 Å². The van der Waals surface area contributed by atoms with E-state index >= 15 is 0 Å². The maximum atomic E-state index is 10.8. The van der Waals surface area contributed by atoms with Crippen molar-refractivity contribution in [3.63, 3.8) is 0 Å². The van der Waals surface area contributed by atoms with Crippen LogP contribution in [0.4, 0.5) is 10.5 Å². The molecule has 0 saturated heterocycles. The maximum Gasteiger partial charge on any atom is 0.425 e. The fraction of sp³-hybridized carbons (Fsp3) is 0.200. The first-order valence-corrected chi connectivity index (χ1v) is 5.49. The van der Waals surface area contributed by atoms with Gasteiger partial charge in [-0.25, -0.2) is 10.2 Å². The van der Waals surface area contributed by atoms with Crippen LogP contribution in [0.5, 0.6) is 0 Å². The van der Waals surface area contributed by atoms with Crippen LogP contribution in [0.3, 0.4) is 0 Å². The third kappa shape index (κ3) is 4.08. The topological polar surface area (TPSA) is 62.4 Å². The predicted molar refractivity (Wildman–Crippen MR) is 71.1 cm³/mol. The summed E-state index contributed by atoms with van der Waals surface area (Å²) >= 11 is 10.9. The number of hydrazine groups is 1. The van der Waals surface area contributed by atoms with E-state index in [-0.39, 0.29) is 5.11 Å². The molecule has 0 radical (unpaired) electrons. The second-order valence-electron chi connectivity index (χ2n) is 3.11. The lowest BCUT2D eigenvalue weighted by atomic mass is 10.2.